The second-order valence-corrected chi connectivity index (χ2v) is 17.2. The Morgan fingerprint density at radius 3 is 1.62 bits per heavy atom. The Labute approximate surface area is 411 Å². The third-order valence-corrected chi connectivity index (χ3v) is 10.9. The molecule has 0 bridgehead atoms. The van der Waals surface area contributed by atoms with Gasteiger partial charge in [-0.3, -0.25) is 43.2 Å². The number of H-pyrrole nitrogens is 1. The van der Waals surface area contributed by atoms with Crippen molar-refractivity contribution in [3.8, 4) is 5.75 Å². The zero-order valence-corrected chi connectivity index (χ0v) is 40.1. The summed E-state index contributed by atoms with van der Waals surface area (Å²) in [6, 6.07) is -7.81. The maximum atomic E-state index is 13.8. The van der Waals surface area contributed by atoms with Crippen molar-refractivity contribution in [1.82, 2.24) is 57.8 Å². The van der Waals surface area contributed by atoms with Crippen LogP contribution in [0.15, 0.2) is 36.8 Å². The number of nitrogens with two attached hydrogens (primary N) is 1. The average molecular weight is 1030 g/mol. The number of nitrogens with one attached hydrogen (secondary N) is 10. The fourth-order valence-corrected chi connectivity index (χ4v) is 6.62. The van der Waals surface area contributed by atoms with Crippen LogP contribution in [0.25, 0.3) is 0 Å². The Morgan fingerprint density at radius 1 is 0.620 bits per heavy atom. The highest BCUT2D eigenvalue weighted by molar-refractivity contribution is 7.98. The van der Waals surface area contributed by atoms with Crippen LogP contribution in [0.1, 0.15) is 38.4 Å². The number of imidazole rings is 1. The summed E-state index contributed by atoms with van der Waals surface area (Å²) in [4.78, 5) is 136. The summed E-state index contributed by atoms with van der Waals surface area (Å²) in [6.45, 7) is -0.408. The first-order chi connectivity index (χ1) is 33.6. The minimum atomic E-state index is -1.82. The molecule has 0 saturated carbocycles. The number of thioether (sulfide) groups is 1. The zero-order chi connectivity index (χ0) is 53.4. The first kappa shape index (κ1) is 60.2. The molecule has 0 aliphatic rings. The van der Waals surface area contributed by atoms with Gasteiger partial charge in [-0.15, -0.1) is 0 Å². The van der Waals surface area contributed by atoms with E-state index in [4.69, 9.17) is 10.8 Å². The van der Waals surface area contributed by atoms with Crippen LogP contribution in [0.2, 0.25) is 0 Å². The van der Waals surface area contributed by atoms with Crippen LogP contribution >= 0.6 is 11.8 Å². The molecule has 28 nitrogen and oxygen atoms in total. The number of benzene rings is 1. The molecule has 0 radical (unpaired) electrons. The summed E-state index contributed by atoms with van der Waals surface area (Å²) in [5.74, 6) is -10.7. The Morgan fingerprint density at radius 2 is 1.13 bits per heavy atom. The topological polar surface area (TPSA) is 455 Å². The van der Waals surface area contributed by atoms with Gasteiger partial charge in [-0.05, 0) is 49.0 Å². The number of hydrogen-bond donors (Lipinski definition) is 17. The van der Waals surface area contributed by atoms with E-state index in [0.29, 0.717) is 17.0 Å². The number of carbonyl (C=O) groups is 10. The van der Waals surface area contributed by atoms with E-state index >= 15 is 0 Å². The maximum absolute atomic E-state index is 13.8. The van der Waals surface area contributed by atoms with Crippen molar-refractivity contribution in [1.29, 1.82) is 0 Å². The summed E-state index contributed by atoms with van der Waals surface area (Å²) in [5.41, 5.74) is 6.29. The van der Waals surface area contributed by atoms with Gasteiger partial charge in [0.1, 0.15) is 60.1 Å². The van der Waals surface area contributed by atoms with Gasteiger partial charge in [-0.25, -0.2) is 9.78 Å². The van der Waals surface area contributed by atoms with Crippen molar-refractivity contribution in [2.45, 2.75) is 94.4 Å². The summed E-state index contributed by atoms with van der Waals surface area (Å²) in [7, 11) is 0. The monoisotopic (exact) mass is 1020 g/mol. The van der Waals surface area contributed by atoms with Crippen LogP contribution in [-0.2, 0) is 60.8 Å². The number of aromatic hydroxyl groups is 1. The molecule has 1 aromatic carbocycles. The largest absolute Gasteiger partial charge is 0.508 e. The van der Waals surface area contributed by atoms with Gasteiger partial charge in [-0.2, -0.15) is 11.8 Å². The number of aliphatic hydroxyl groups is 4. The summed E-state index contributed by atoms with van der Waals surface area (Å²) >= 11 is 1.35. The summed E-state index contributed by atoms with van der Waals surface area (Å²) in [6.07, 6.45) is 4.23. The second-order valence-electron chi connectivity index (χ2n) is 16.2. The highest BCUT2D eigenvalue weighted by atomic mass is 32.2. The molecule has 18 N–H and O–H groups in total. The molecule has 29 heteroatoms. The third kappa shape index (κ3) is 20.5. The van der Waals surface area contributed by atoms with E-state index in [1.54, 1.807) is 6.26 Å². The van der Waals surface area contributed by atoms with Gasteiger partial charge in [0.2, 0.25) is 53.2 Å². The summed E-state index contributed by atoms with van der Waals surface area (Å²) < 4.78 is 0. The van der Waals surface area contributed by atoms with E-state index in [-0.39, 0.29) is 25.0 Å². The molecule has 0 aliphatic heterocycles. The molecule has 1 heterocycles. The zero-order valence-electron chi connectivity index (χ0n) is 39.3. The Bertz CT molecular complexity index is 2120. The van der Waals surface area contributed by atoms with Gasteiger partial charge >= 0.3 is 5.97 Å². The first-order valence-electron chi connectivity index (χ1n) is 21.9. The molecule has 0 unspecified atom stereocenters. The van der Waals surface area contributed by atoms with Crippen LogP contribution in [0.5, 0.6) is 5.75 Å². The highest BCUT2D eigenvalue weighted by Gasteiger charge is 2.34. The van der Waals surface area contributed by atoms with Crippen LogP contribution in [-0.4, -0.2) is 199 Å². The predicted molar refractivity (Wildman–Crippen MR) is 250 cm³/mol. The number of phenols is 1. The highest BCUT2D eigenvalue weighted by Crippen LogP contribution is 2.13. The standard InChI is InChI=1S/C42H64N12O16S/c1-20(2)33(54-40(67)31(18-58)53-39(66)30(17-57)52-38(65)29(16-56)51-34(61)21(3)47-35(62)25(43)15-55)41(68)45-14-32(60)48-27(11-22-5-7-24(59)8-6-22)37(64)49-26(9-10-71-4)36(63)50-28(42(69)70)12-23-13-44-19-46-23/h5-8,13,19-21,25-31,33,55-59H,9-12,14-18,43H2,1-4H3,(H,44,46)(H,45,68)(H,47,62)(H,48,60)(H,49,64)(H,50,63)(H,51,61)(H,52,65)(H,53,66)(H,54,67)(H,69,70)/t21-,25-,26-,27-,28-,29-,30-,31-,33-/m0/s1. The van der Waals surface area contributed by atoms with Crippen molar-refractivity contribution in [2.24, 2.45) is 11.7 Å². The lowest BCUT2D eigenvalue weighted by atomic mass is 10.0. The number of carboxylic acid groups (broad SMARTS) is 1. The maximum Gasteiger partial charge on any atom is 0.326 e. The average Bonchev–Trinajstić information content (AvgIpc) is 3.86. The van der Waals surface area contributed by atoms with Crippen molar-refractivity contribution >= 4 is 70.9 Å². The van der Waals surface area contributed by atoms with Crippen LogP contribution in [0.4, 0.5) is 0 Å². The van der Waals surface area contributed by atoms with E-state index in [2.05, 4.69) is 57.8 Å². The number of aliphatic carboxylic acids is 1. The number of amides is 9. The molecule has 394 valence electrons. The molecule has 71 heavy (non-hydrogen) atoms. The molecule has 0 spiro atoms. The van der Waals surface area contributed by atoms with E-state index < -0.39 is 152 Å². The van der Waals surface area contributed by atoms with Gasteiger partial charge in [-0.1, -0.05) is 26.0 Å². The SMILES string of the molecule is CSCC[C@H](NC(=O)[C@H](Cc1ccc(O)cc1)NC(=O)CNC(=O)[C@@H](NC(=O)[C@H](CO)NC(=O)[C@H](CO)NC(=O)[C@H](CO)NC(=O)[C@H](C)NC(=O)[C@@H](N)CO)C(C)C)C(=O)N[C@@H](Cc1cnc[nH]1)C(=O)O. The van der Waals surface area contributed by atoms with Gasteiger partial charge in [0.25, 0.3) is 0 Å². The number of phenolic OH excluding ortho intramolecular Hbond substituents is 1. The number of carboxylic acids is 1. The number of aliphatic hydroxyl groups excluding tert-OH is 4. The van der Waals surface area contributed by atoms with Crippen molar-refractivity contribution < 1.29 is 78.6 Å². The van der Waals surface area contributed by atoms with Gasteiger partial charge < -0.3 is 89.2 Å². The van der Waals surface area contributed by atoms with E-state index in [0.717, 1.165) is 0 Å². The predicted octanol–water partition coefficient (Wildman–Crippen LogP) is -7.29. The molecule has 1 aromatic heterocycles. The van der Waals surface area contributed by atoms with Crippen molar-refractivity contribution in [2.75, 3.05) is 45.0 Å². The molecule has 0 aliphatic carbocycles. The molecular weight excluding hydrogens is 961 g/mol. The van der Waals surface area contributed by atoms with Gasteiger partial charge in [0, 0.05) is 24.7 Å². The Balaban J connectivity index is 2.14. The van der Waals surface area contributed by atoms with Crippen LogP contribution in [0, 0.1) is 5.92 Å². The van der Waals surface area contributed by atoms with Crippen LogP contribution in [0.3, 0.4) is 0 Å². The lowest BCUT2D eigenvalue weighted by Gasteiger charge is -2.26. The van der Waals surface area contributed by atoms with E-state index in [1.807, 2.05) is 0 Å². The molecule has 9 atom stereocenters. The number of aromatic amines is 1. The quantitative estimate of drug-likeness (QED) is 0.0334. The minimum Gasteiger partial charge on any atom is -0.508 e. The van der Waals surface area contributed by atoms with Gasteiger partial charge in [0.15, 0.2) is 0 Å². The van der Waals surface area contributed by atoms with Crippen LogP contribution < -0.4 is 53.6 Å². The fourth-order valence-electron chi connectivity index (χ4n) is 6.15. The number of rotatable bonds is 31. The normalized spacial score (nSPS) is 14.8. The number of hydrogen-bond acceptors (Lipinski definition) is 18. The third-order valence-electron chi connectivity index (χ3n) is 10.3. The first-order valence-corrected chi connectivity index (χ1v) is 23.3. The fraction of sp³-hybridized carbons (Fsp3) is 0.548. The minimum absolute atomic E-state index is 0.0624. The summed E-state index contributed by atoms with van der Waals surface area (Å²) in [5, 5.41) is 78.9. The molecular formula is C42H64N12O16S. The van der Waals surface area contributed by atoms with Crippen molar-refractivity contribution in [3.05, 3.63) is 48.0 Å². The Kier molecular flexibility index (Phi) is 26.0. The molecule has 2 aromatic rings. The van der Waals surface area contributed by atoms with E-state index in [9.17, 15) is 73.5 Å². The molecule has 9 amide bonds. The molecule has 0 saturated heterocycles. The molecule has 0 fully saturated rings. The van der Waals surface area contributed by atoms with Crippen molar-refractivity contribution in [3.63, 3.8) is 0 Å². The smallest absolute Gasteiger partial charge is 0.326 e. The Hall–Kier alpha value is -6.92. The molecule has 2 rings (SSSR count). The lowest BCUT2D eigenvalue weighted by Crippen LogP contribution is -2.61. The number of aromatic nitrogens is 2. The number of carbonyl (C=O) groups excluding carboxylic acids is 9. The lowest BCUT2D eigenvalue weighted by molar-refractivity contribution is -0.142. The van der Waals surface area contributed by atoms with Gasteiger partial charge in [0.05, 0.1) is 39.3 Å². The number of nitrogens with zero attached hydrogens (tertiary/aromatic N) is 1. The van der Waals surface area contributed by atoms with E-state index in [1.165, 1.54) is 69.3 Å². The second kappa shape index (κ2) is 30.6.